The van der Waals surface area contributed by atoms with Crippen LogP contribution in [0.15, 0.2) is 48.5 Å². The number of amides is 2. The number of benzene rings is 2. The van der Waals surface area contributed by atoms with Crippen molar-refractivity contribution in [1.29, 1.82) is 0 Å². The molecular formula is C20H20N2O4. The first-order valence-corrected chi connectivity index (χ1v) is 8.35. The summed E-state index contributed by atoms with van der Waals surface area (Å²) in [6, 6.07) is 14.1. The number of rotatable bonds is 4. The van der Waals surface area contributed by atoms with Crippen molar-refractivity contribution in [1.82, 2.24) is 0 Å². The van der Waals surface area contributed by atoms with Crippen molar-refractivity contribution in [2.24, 2.45) is 5.92 Å². The Hall–Kier alpha value is -3.15. The van der Waals surface area contributed by atoms with Crippen LogP contribution in [0.4, 0.5) is 11.4 Å². The minimum absolute atomic E-state index is 0.0551. The second kappa shape index (κ2) is 7.39. The van der Waals surface area contributed by atoms with Gasteiger partial charge in [-0.15, -0.1) is 0 Å². The standard InChI is InChI=1S/C20H20N2O4/c1-13-5-3-4-6-17(13)22-12-15(11-18(22)23)19(24)21-16-9-7-14(8-10-16)20(25)26-2/h3-10,15H,11-12H2,1-2H3,(H,21,24)/t15-/m1/s1. The highest BCUT2D eigenvalue weighted by Gasteiger charge is 2.35. The maximum absolute atomic E-state index is 12.5. The number of carbonyl (C=O) groups excluding carboxylic acids is 3. The van der Waals surface area contributed by atoms with E-state index < -0.39 is 11.9 Å². The second-order valence-electron chi connectivity index (χ2n) is 6.25. The Morgan fingerprint density at radius 3 is 2.46 bits per heavy atom. The van der Waals surface area contributed by atoms with Crippen LogP contribution in [0.2, 0.25) is 0 Å². The molecule has 2 aromatic rings. The Morgan fingerprint density at radius 2 is 1.81 bits per heavy atom. The average molecular weight is 352 g/mol. The lowest BCUT2D eigenvalue weighted by Crippen LogP contribution is -2.28. The maximum atomic E-state index is 12.5. The number of para-hydroxylation sites is 1. The Labute approximate surface area is 151 Å². The summed E-state index contributed by atoms with van der Waals surface area (Å²) in [4.78, 5) is 38.0. The highest BCUT2D eigenvalue weighted by atomic mass is 16.5. The number of aryl methyl sites for hydroxylation is 1. The van der Waals surface area contributed by atoms with Crippen molar-refractivity contribution < 1.29 is 19.1 Å². The van der Waals surface area contributed by atoms with E-state index >= 15 is 0 Å². The molecule has 2 amide bonds. The molecule has 0 saturated carbocycles. The molecule has 2 aromatic carbocycles. The van der Waals surface area contributed by atoms with Crippen LogP contribution in [-0.2, 0) is 14.3 Å². The SMILES string of the molecule is COC(=O)c1ccc(NC(=O)[C@@H]2CC(=O)N(c3ccccc3C)C2)cc1. The lowest BCUT2D eigenvalue weighted by Gasteiger charge is -2.19. The van der Waals surface area contributed by atoms with E-state index in [2.05, 4.69) is 10.1 Å². The van der Waals surface area contributed by atoms with Gasteiger partial charge in [0.15, 0.2) is 0 Å². The molecule has 6 nitrogen and oxygen atoms in total. The smallest absolute Gasteiger partial charge is 0.337 e. The zero-order valence-electron chi connectivity index (χ0n) is 14.7. The molecule has 1 aliphatic heterocycles. The number of methoxy groups -OCH3 is 1. The molecule has 0 radical (unpaired) electrons. The van der Waals surface area contributed by atoms with Gasteiger partial charge in [-0.05, 0) is 42.8 Å². The molecular weight excluding hydrogens is 332 g/mol. The first-order chi connectivity index (χ1) is 12.5. The zero-order valence-corrected chi connectivity index (χ0v) is 14.7. The van der Waals surface area contributed by atoms with E-state index in [1.807, 2.05) is 31.2 Å². The molecule has 0 unspecified atom stereocenters. The fraction of sp³-hybridized carbons (Fsp3) is 0.250. The largest absolute Gasteiger partial charge is 0.465 e. The maximum Gasteiger partial charge on any atom is 0.337 e. The number of hydrogen-bond acceptors (Lipinski definition) is 4. The van der Waals surface area contributed by atoms with Gasteiger partial charge in [0, 0.05) is 24.3 Å². The van der Waals surface area contributed by atoms with Gasteiger partial charge in [-0.1, -0.05) is 18.2 Å². The van der Waals surface area contributed by atoms with Crippen molar-refractivity contribution in [3.05, 3.63) is 59.7 Å². The Morgan fingerprint density at radius 1 is 1.12 bits per heavy atom. The normalized spacial score (nSPS) is 16.5. The topological polar surface area (TPSA) is 75.7 Å². The summed E-state index contributed by atoms with van der Waals surface area (Å²) in [6.07, 6.45) is 0.181. The zero-order chi connectivity index (χ0) is 18.7. The molecule has 6 heteroatoms. The van der Waals surface area contributed by atoms with Crippen LogP contribution in [-0.4, -0.2) is 31.4 Å². The lowest BCUT2D eigenvalue weighted by molar-refractivity contribution is -0.122. The second-order valence-corrected chi connectivity index (χ2v) is 6.25. The van der Waals surface area contributed by atoms with E-state index in [0.717, 1.165) is 11.3 Å². The number of carbonyl (C=O) groups is 3. The first kappa shape index (κ1) is 17.7. The number of esters is 1. The number of nitrogens with zero attached hydrogens (tertiary/aromatic N) is 1. The molecule has 1 N–H and O–H groups in total. The van der Waals surface area contributed by atoms with Crippen LogP contribution < -0.4 is 10.2 Å². The number of ether oxygens (including phenoxy) is 1. The minimum atomic E-state index is -0.432. The molecule has 0 bridgehead atoms. The van der Waals surface area contributed by atoms with Gasteiger partial charge in [0.05, 0.1) is 18.6 Å². The molecule has 1 heterocycles. The van der Waals surface area contributed by atoms with Crippen molar-refractivity contribution in [3.8, 4) is 0 Å². The van der Waals surface area contributed by atoms with Crippen LogP contribution >= 0.6 is 0 Å². The predicted molar refractivity (Wildman–Crippen MR) is 98.1 cm³/mol. The van der Waals surface area contributed by atoms with Crippen LogP contribution in [0.25, 0.3) is 0 Å². The van der Waals surface area contributed by atoms with Gasteiger partial charge in [-0.25, -0.2) is 4.79 Å². The van der Waals surface area contributed by atoms with Crippen molar-refractivity contribution >= 4 is 29.2 Å². The van der Waals surface area contributed by atoms with E-state index in [0.29, 0.717) is 17.8 Å². The van der Waals surface area contributed by atoms with Crippen molar-refractivity contribution in [2.45, 2.75) is 13.3 Å². The molecule has 1 aliphatic rings. The summed E-state index contributed by atoms with van der Waals surface area (Å²) in [5, 5.41) is 2.81. The fourth-order valence-corrected chi connectivity index (χ4v) is 3.03. The van der Waals surface area contributed by atoms with Crippen LogP contribution in [0.5, 0.6) is 0 Å². The van der Waals surface area contributed by atoms with Crippen molar-refractivity contribution in [3.63, 3.8) is 0 Å². The minimum Gasteiger partial charge on any atom is -0.465 e. The molecule has 134 valence electrons. The van der Waals surface area contributed by atoms with Crippen LogP contribution in [0.3, 0.4) is 0 Å². The third-order valence-electron chi connectivity index (χ3n) is 4.48. The Bertz CT molecular complexity index is 845. The van der Waals surface area contributed by atoms with Crippen LogP contribution in [0.1, 0.15) is 22.3 Å². The number of hydrogen-bond donors (Lipinski definition) is 1. The summed E-state index contributed by atoms with van der Waals surface area (Å²) in [6.45, 7) is 2.30. The van der Waals surface area contributed by atoms with E-state index in [-0.39, 0.29) is 18.2 Å². The molecule has 0 aliphatic carbocycles. The van der Waals surface area contributed by atoms with Gasteiger partial charge in [-0.2, -0.15) is 0 Å². The van der Waals surface area contributed by atoms with Gasteiger partial charge < -0.3 is 15.0 Å². The Balaban J connectivity index is 1.67. The summed E-state index contributed by atoms with van der Waals surface area (Å²) >= 11 is 0. The van der Waals surface area contributed by atoms with E-state index in [9.17, 15) is 14.4 Å². The van der Waals surface area contributed by atoms with Gasteiger partial charge in [0.1, 0.15) is 0 Å². The van der Waals surface area contributed by atoms with Gasteiger partial charge in [-0.3, -0.25) is 9.59 Å². The third-order valence-corrected chi connectivity index (χ3v) is 4.48. The van der Waals surface area contributed by atoms with Gasteiger partial charge in [0.2, 0.25) is 11.8 Å². The average Bonchev–Trinajstić information content (AvgIpc) is 3.04. The highest BCUT2D eigenvalue weighted by Crippen LogP contribution is 2.28. The van der Waals surface area contributed by atoms with Gasteiger partial charge in [0.25, 0.3) is 0 Å². The summed E-state index contributed by atoms with van der Waals surface area (Å²) in [7, 11) is 1.31. The lowest BCUT2D eigenvalue weighted by atomic mass is 10.1. The predicted octanol–water partition coefficient (Wildman–Crippen LogP) is 2.77. The van der Waals surface area contributed by atoms with Crippen molar-refractivity contribution in [2.75, 3.05) is 23.9 Å². The molecule has 26 heavy (non-hydrogen) atoms. The summed E-state index contributed by atoms with van der Waals surface area (Å²) in [5.74, 6) is -1.11. The van der Waals surface area contributed by atoms with Gasteiger partial charge >= 0.3 is 5.97 Å². The fourth-order valence-electron chi connectivity index (χ4n) is 3.03. The Kier molecular flexibility index (Phi) is 5.02. The molecule has 1 saturated heterocycles. The molecule has 1 atom stereocenters. The van der Waals surface area contributed by atoms with E-state index in [1.54, 1.807) is 29.2 Å². The molecule has 0 aromatic heterocycles. The van der Waals surface area contributed by atoms with Crippen LogP contribution in [0, 0.1) is 12.8 Å². The quantitative estimate of drug-likeness (QED) is 0.859. The van der Waals surface area contributed by atoms with E-state index in [1.165, 1.54) is 7.11 Å². The summed E-state index contributed by atoms with van der Waals surface area (Å²) in [5.41, 5.74) is 2.83. The molecule has 0 spiro atoms. The highest BCUT2D eigenvalue weighted by molar-refractivity contribution is 6.04. The van der Waals surface area contributed by atoms with E-state index in [4.69, 9.17) is 0 Å². The molecule has 3 rings (SSSR count). The molecule has 1 fully saturated rings. The number of anilines is 2. The number of nitrogens with one attached hydrogen (secondary N) is 1. The monoisotopic (exact) mass is 352 g/mol. The third kappa shape index (κ3) is 3.59. The summed E-state index contributed by atoms with van der Waals surface area (Å²) < 4.78 is 4.64. The first-order valence-electron chi connectivity index (χ1n) is 8.35.